The van der Waals surface area contributed by atoms with Crippen LogP contribution in [0.5, 0.6) is 0 Å². The van der Waals surface area contributed by atoms with Crippen molar-refractivity contribution in [3.05, 3.63) is 48.0 Å². The molecule has 4 N–H and O–H groups in total. The molecular weight excluding hydrogens is 184 g/mol. The van der Waals surface area contributed by atoms with E-state index in [2.05, 4.69) is 13.0 Å². The highest BCUT2D eigenvalue weighted by Crippen LogP contribution is 2.33. The van der Waals surface area contributed by atoms with Crippen molar-refractivity contribution in [2.45, 2.75) is 6.92 Å². The van der Waals surface area contributed by atoms with Crippen LogP contribution < -0.4 is 11.5 Å². The molecule has 0 aliphatic heterocycles. The third-order valence-corrected chi connectivity index (χ3v) is 2.54. The van der Waals surface area contributed by atoms with Crippen molar-refractivity contribution in [2.24, 2.45) is 0 Å². The van der Waals surface area contributed by atoms with Gasteiger partial charge in [0.15, 0.2) is 0 Å². The molecular formula is C13H14N2. The van der Waals surface area contributed by atoms with Gasteiger partial charge in [-0.05, 0) is 30.2 Å². The van der Waals surface area contributed by atoms with Gasteiger partial charge in [-0.2, -0.15) is 0 Å². The Hall–Kier alpha value is -1.96. The van der Waals surface area contributed by atoms with Gasteiger partial charge in [-0.1, -0.05) is 30.3 Å². The molecule has 2 heteroatoms. The van der Waals surface area contributed by atoms with E-state index in [-0.39, 0.29) is 0 Å². The van der Waals surface area contributed by atoms with Crippen molar-refractivity contribution in [3.63, 3.8) is 0 Å². The van der Waals surface area contributed by atoms with E-state index in [4.69, 9.17) is 11.5 Å². The summed E-state index contributed by atoms with van der Waals surface area (Å²) >= 11 is 0. The SMILES string of the molecule is Cc1ccccc1-c1c(N)cccc1N. The van der Waals surface area contributed by atoms with Crippen LogP contribution in [0.3, 0.4) is 0 Å². The lowest BCUT2D eigenvalue weighted by atomic mass is 9.98. The summed E-state index contributed by atoms with van der Waals surface area (Å²) in [6.45, 7) is 2.06. The lowest BCUT2D eigenvalue weighted by Gasteiger charge is -2.11. The zero-order valence-corrected chi connectivity index (χ0v) is 8.70. The van der Waals surface area contributed by atoms with E-state index in [9.17, 15) is 0 Å². The van der Waals surface area contributed by atoms with Gasteiger partial charge in [-0.3, -0.25) is 0 Å². The highest BCUT2D eigenvalue weighted by atomic mass is 14.6. The van der Waals surface area contributed by atoms with Gasteiger partial charge in [0.2, 0.25) is 0 Å². The highest BCUT2D eigenvalue weighted by molar-refractivity contribution is 5.87. The van der Waals surface area contributed by atoms with Crippen LogP contribution in [0.15, 0.2) is 42.5 Å². The third-order valence-electron chi connectivity index (χ3n) is 2.54. The first kappa shape index (κ1) is 9.59. The number of benzene rings is 2. The fraction of sp³-hybridized carbons (Fsp3) is 0.0769. The summed E-state index contributed by atoms with van der Waals surface area (Å²) < 4.78 is 0. The van der Waals surface area contributed by atoms with Crippen molar-refractivity contribution < 1.29 is 0 Å². The molecule has 76 valence electrons. The Morgan fingerprint density at radius 2 is 1.40 bits per heavy atom. The van der Waals surface area contributed by atoms with Crippen molar-refractivity contribution in [2.75, 3.05) is 11.5 Å². The van der Waals surface area contributed by atoms with E-state index in [0.29, 0.717) is 0 Å². The molecule has 0 fully saturated rings. The van der Waals surface area contributed by atoms with E-state index < -0.39 is 0 Å². The van der Waals surface area contributed by atoms with Gasteiger partial charge >= 0.3 is 0 Å². The Morgan fingerprint density at radius 1 is 0.800 bits per heavy atom. The van der Waals surface area contributed by atoms with Crippen LogP contribution in [0.2, 0.25) is 0 Å². The zero-order valence-electron chi connectivity index (χ0n) is 8.70. The molecule has 2 rings (SSSR count). The van der Waals surface area contributed by atoms with Gasteiger partial charge < -0.3 is 11.5 Å². The van der Waals surface area contributed by atoms with Crippen LogP contribution in [0.25, 0.3) is 11.1 Å². The van der Waals surface area contributed by atoms with Gasteiger partial charge in [0.05, 0.1) is 0 Å². The topological polar surface area (TPSA) is 52.0 Å². The second-order valence-corrected chi connectivity index (χ2v) is 3.63. The van der Waals surface area contributed by atoms with E-state index in [0.717, 1.165) is 22.5 Å². The minimum Gasteiger partial charge on any atom is -0.398 e. The van der Waals surface area contributed by atoms with Gasteiger partial charge in [0, 0.05) is 16.9 Å². The fourth-order valence-electron chi connectivity index (χ4n) is 1.75. The normalized spacial score (nSPS) is 10.2. The number of hydrogen-bond acceptors (Lipinski definition) is 2. The molecule has 0 atom stereocenters. The molecule has 0 aliphatic carbocycles. The van der Waals surface area contributed by atoms with E-state index in [1.807, 2.05) is 36.4 Å². The number of rotatable bonds is 1. The number of hydrogen-bond donors (Lipinski definition) is 2. The van der Waals surface area contributed by atoms with E-state index >= 15 is 0 Å². The molecule has 2 aromatic carbocycles. The minimum absolute atomic E-state index is 0.726. The Labute approximate surface area is 89.5 Å². The first-order valence-corrected chi connectivity index (χ1v) is 4.90. The highest BCUT2D eigenvalue weighted by Gasteiger charge is 2.07. The molecule has 0 saturated carbocycles. The van der Waals surface area contributed by atoms with Crippen LogP contribution in [-0.4, -0.2) is 0 Å². The van der Waals surface area contributed by atoms with Crippen molar-refractivity contribution >= 4 is 11.4 Å². The van der Waals surface area contributed by atoms with Gasteiger partial charge in [0.1, 0.15) is 0 Å². The molecule has 2 nitrogen and oxygen atoms in total. The van der Waals surface area contributed by atoms with Crippen LogP contribution in [0.4, 0.5) is 11.4 Å². The van der Waals surface area contributed by atoms with Crippen molar-refractivity contribution in [1.82, 2.24) is 0 Å². The second kappa shape index (κ2) is 3.65. The average molecular weight is 198 g/mol. The summed E-state index contributed by atoms with van der Waals surface area (Å²) in [5.74, 6) is 0. The van der Waals surface area contributed by atoms with Crippen LogP contribution >= 0.6 is 0 Å². The fourth-order valence-corrected chi connectivity index (χ4v) is 1.75. The predicted octanol–water partition coefficient (Wildman–Crippen LogP) is 2.83. The lowest BCUT2D eigenvalue weighted by Crippen LogP contribution is -1.96. The van der Waals surface area contributed by atoms with Gasteiger partial charge in [-0.25, -0.2) is 0 Å². The second-order valence-electron chi connectivity index (χ2n) is 3.63. The van der Waals surface area contributed by atoms with Gasteiger partial charge in [-0.15, -0.1) is 0 Å². The average Bonchev–Trinajstić information content (AvgIpc) is 2.20. The van der Waals surface area contributed by atoms with Gasteiger partial charge in [0.25, 0.3) is 0 Å². The first-order chi connectivity index (χ1) is 7.20. The molecule has 0 spiro atoms. The molecule has 0 bridgehead atoms. The predicted molar refractivity (Wildman–Crippen MR) is 65.4 cm³/mol. The Bertz CT molecular complexity index is 469. The third kappa shape index (κ3) is 1.66. The van der Waals surface area contributed by atoms with Crippen LogP contribution in [0, 0.1) is 6.92 Å². The summed E-state index contributed by atoms with van der Waals surface area (Å²) in [5, 5.41) is 0. The number of anilines is 2. The maximum Gasteiger partial charge on any atom is 0.0414 e. The molecule has 0 radical (unpaired) electrons. The maximum absolute atomic E-state index is 5.94. The van der Waals surface area contributed by atoms with Crippen molar-refractivity contribution in [1.29, 1.82) is 0 Å². The van der Waals surface area contributed by atoms with E-state index in [1.54, 1.807) is 0 Å². The first-order valence-electron chi connectivity index (χ1n) is 4.90. The molecule has 0 aromatic heterocycles. The molecule has 0 saturated heterocycles. The van der Waals surface area contributed by atoms with Crippen LogP contribution in [-0.2, 0) is 0 Å². The largest absolute Gasteiger partial charge is 0.398 e. The Balaban J connectivity index is 2.69. The van der Waals surface area contributed by atoms with E-state index in [1.165, 1.54) is 5.56 Å². The van der Waals surface area contributed by atoms with Crippen molar-refractivity contribution in [3.8, 4) is 11.1 Å². The quantitative estimate of drug-likeness (QED) is 0.692. The summed E-state index contributed by atoms with van der Waals surface area (Å²) in [5.41, 5.74) is 16.6. The smallest absolute Gasteiger partial charge is 0.0414 e. The summed E-state index contributed by atoms with van der Waals surface area (Å²) in [4.78, 5) is 0. The van der Waals surface area contributed by atoms with Crippen LogP contribution in [0.1, 0.15) is 5.56 Å². The zero-order chi connectivity index (χ0) is 10.8. The molecule has 0 amide bonds. The Kier molecular flexibility index (Phi) is 2.34. The summed E-state index contributed by atoms with van der Waals surface area (Å²) in [7, 11) is 0. The monoisotopic (exact) mass is 198 g/mol. The summed E-state index contributed by atoms with van der Waals surface area (Å²) in [6, 6.07) is 13.7. The molecule has 0 unspecified atom stereocenters. The standard InChI is InChI=1S/C13H14N2/c1-9-5-2-3-6-10(9)13-11(14)7-4-8-12(13)15/h2-8H,14-15H2,1H3. The molecule has 2 aromatic rings. The summed E-state index contributed by atoms with van der Waals surface area (Å²) in [6.07, 6.45) is 0. The minimum atomic E-state index is 0.726. The molecule has 0 heterocycles. The molecule has 15 heavy (non-hydrogen) atoms. The molecule has 0 aliphatic rings. The number of nitrogens with two attached hydrogens (primary N) is 2. The number of aryl methyl sites for hydroxylation is 1. The maximum atomic E-state index is 5.94. The Morgan fingerprint density at radius 3 is 2.00 bits per heavy atom. The number of nitrogen functional groups attached to an aromatic ring is 2. The lowest BCUT2D eigenvalue weighted by molar-refractivity contribution is 1.46.